The molecule has 0 aliphatic heterocycles. The van der Waals surface area contributed by atoms with Gasteiger partial charge in [-0.05, 0) is 61.5 Å². The second kappa shape index (κ2) is 10.3. The highest BCUT2D eigenvalue weighted by Gasteiger charge is 2.16. The third-order valence-corrected chi connectivity index (χ3v) is 5.68. The number of benzene rings is 3. The minimum atomic E-state index is -0.441. The van der Waals surface area contributed by atoms with Crippen LogP contribution in [0.3, 0.4) is 0 Å². The van der Waals surface area contributed by atoms with Crippen LogP contribution in [0.5, 0.6) is 0 Å². The number of allylic oxidation sites excluding steroid dienone is 1. The van der Waals surface area contributed by atoms with Gasteiger partial charge >= 0.3 is 0 Å². The predicted octanol–water partition coefficient (Wildman–Crippen LogP) is 7.40. The Morgan fingerprint density at radius 2 is 1.55 bits per heavy atom. The van der Waals surface area contributed by atoms with Gasteiger partial charge in [-0.3, -0.25) is 4.79 Å². The summed E-state index contributed by atoms with van der Waals surface area (Å²) >= 11 is 21.7. The van der Waals surface area contributed by atoms with E-state index in [1.54, 1.807) is 61.5 Å². The van der Waals surface area contributed by atoms with Crippen LogP contribution in [-0.4, -0.2) is 11.6 Å². The van der Waals surface area contributed by atoms with Gasteiger partial charge in [-0.15, -0.1) is 0 Å². The highest BCUT2D eigenvalue weighted by Crippen LogP contribution is 2.30. The highest BCUT2D eigenvalue weighted by atomic mass is 79.9. The largest absolute Gasteiger partial charge is 0.394 e. The maximum atomic E-state index is 12.8. The molecular weight excluding hydrogens is 521 g/mol. The van der Waals surface area contributed by atoms with Crippen molar-refractivity contribution in [2.24, 2.45) is 10.7 Å². The molecular formula is C23H17BrCl3N3O. The van der Waals surface area contributed by atoms with Gasteiger partial charge in [-0.2, -0.15) is 0 Å². The van der Waals surface area contributed by atoms with Gasteiger partial charge < -0.3 is 11.1 Å². The van der Waals surface area contributed by atoms with Crippen LogP contribution in [0.4, 0.5) is 11.4 Å². The van der Waals surface area contributed by atoms with E-state index < -0.39 is 5.91 Å². The number of hydrogen-bond donors (Lipinski definition) is 2. The van der Waals surface area contributed by atoms with Crippen molar-refractivity contribution in [3.8, 4) is 0 Å². The van der Waals surface area contributed by atoms with Gasteiger partial charge in [0, 0.05) is 31.3 Å². The Hall–Kier alpha value is -2.31. The minimum absolute atomic E-state index is 0.0294. The lowest BCUT2D eigenvalue weighted by Crippen LogP contribution is -2.24. The van der Waals surface area contributed by atoms with Crippen molar-refractivity contribution < 1.29 is 4.79 Å². The topological polar surface area (TPSA) is 67.5 Å². The molecule has 0 aliphatic rings. The second-order valence-electron chi connectivity index (χ2n) is 6.56. The van der Waals surface area contributed by atoms with Crippen molar-refractivity contribution >= 4 is 73.7 Å². The molecule has 0 saturated carbocycles. The molecule has 0 spiro atoms. The van der Waals surface area contributed by atoms with Crippen molar-refractivity contribution in [1.82, 2.24) is 0 Å². The van der Waals surface area contributed by atoms with E-state index in [1.165, 1.54) is 0 Å². The molecule has 0 fully saturated rings. The quantitative estimate of drug-likeness (QED) is 0.263. The van der Waals surface area contributed by atoms with E-state index in [2.05, 4.69) is 26.2 Å². The van der Waals surface area contributed by atoms with Crippen LogP contribution in [0.25, 0.3) is 0 Å². The molecule has 3 rings (SSSR count). The molecule has 3 aromatic rings. The maximum absolute atomic E-state index is 12.8. The van der Waals surface area contributed by atoms with E-state index in [4.69, 9.17) is 40.5 Å². The number of nitrogens with two attached hydrogens (primary N) is 1. The third kappa shape index (κ3) is 6.11. The lowest BCUT2D eigenvalue weighted by atomic mass is 10.0. The summed E-state index contributed by atoms with van der Waals surface area (Å²) in [5.41, 5.74) is 9.07. The molecule has 158 valence electrons. The number of halogens is 4. The fourth-order valence-electron chi connectivity index (χ4n) is 2.69. The molecule has 3 N–H and O–H groups in total. The third-order valence-electron chi connectivity index (χ3n) is 4.37. The van der Waals surface area contributed by atoms with E-state index in [0.717, 1.165) is 10.0 Å². The molecule has 0 radical (unpaired) electrons. The number of hydrogen-bond acceptors (Lipinski definition) is 3. The molecule has 0 saturated heterocycles. The Morgan fingerprint density at radius 1 is 0.935 bits per heavy atom. The van der Waals surface area contributed by atoms with E-state index in [1.807, 2.05) is 12.1 Å². The first-order valence-electron chi connectivity index (χ1n) is 9.08. The summed E-state index contributed by atoms with van der Waals surface area (Å²) in [6, 6.07) is 19.3. The number of nitrogens with zero attached hydrogens (tertiary/aromatic N) is 1. The Labute approximate surface area is 203 Å². The van der Waals surface area contributed by atoms with Gasteiger partial charge in [0.2, 0.25) is 0 Å². The lowest BCUT2D eigenvalue weighted by Gasteiger charge is -2.13. The van der Waals surface area contributed by atoms with Gasteiger partial charge in [0.05, 0.1) is 16.4 Å². The Kier molecular flexibility index (Phi) is 7.79. The molecule has 0 aromatic heterocycles. The molecule has 0 atom stereocenters. The van der Waals surface area contributed by atoms with Crippen LogP contribution in [0.15, 0.2) is 87.5 Å². The summed E-state index contributed by atoms with van der Waals surface area (Å²) in [6.45, 7) is 1.73. The lowest BCUT2D eigenvalue weighted by molar-refractivity contribution is -0.112. The summed E-state index contributed by atoms with van der Waals surface area (Å²) < 4.78 is 0.905. The van der Waals surface area contributed by atoms with Gasteiger partial charge in [0.25, 0.3) is 5.91 Å². The summed E-state index contributed by atoms with van der Waals surface area (Å²) in [5.74, 6) is -0.441. The van der Waals surface area contributed by atoms with Gasteiger partial charge in [-0.25, -0.2) is 4.99 Å². The van der Waals surface area contributed by atoms with Crippen LogP contribution in [0.2, 0.25) is 15.1 Å². The number of nitrogens with one attached hydrogen (secondary N) is 1. The SMILES string of the molecule is CC(C(=Nc1ccc(Cl)cc1Cl)c1ccc(Cl)cc1)=C(N)C(=O)Nc1ccc(Br)cc1. The van der Waals surface area contributed by atoms with Crippen LogP contribution < -0.4 is 11.1 Å². The number of anilines is 1. The molecule has 0 bridgehead atoms. The molecule has 1 amide bonds. The zero-order chi connectivity index (χ0) is 22.5. The summed E-state index contributed by atoms with van der Waals surface area (Å²) in [7, 11) is 0. The van der Waals surface area contributed by atoms with E-state index >= 15 is 0 Å². The first-order chi connectivity index (χ1) is 14.7. The Morgan fingerprint density at radius 3 is 2.16 bits per heavy atom. The Bertz CT molecular complexity index is 1170. The average Bonchev–Trinajstić information content (AvgIpc) is 2.74. The summed E-state index contributed by atoms with van der Waals surface area (Å²) in [6.07, 6.45) is 0. The summed E-state index contributed by atoms with van der Waals surface area (Å²) in [5, 5.41) is 4.24. The van der Waals surface area contributed by atoms with Crippen molar-refractivity contribution in [3.05, 3.63) is 103 Å². The molecule has 4 nitrogen and oxygen atoms in total. The molecule has 31 heavy (non-hydrogen) atoms. The predicted molar refractivity (Wildman–Crippen MR) is 134 cm³/mol. The first-order valence-corrected chi connectivity index (χ1v) is 11.0. The molecule has 0 aliphatic carbocycles. The van der Waals surface area contributed by atoms with Crippen LogP contribution in [-0.2, 0) is 4.79 Å². The average molecular weight is 538 g/mol. The monoisotopic (exact) mass is 535 g/mol. The zero-order valence-corrected chi connectivity index (χ0v) is 20.1. The summed E-state index contributed by atoms with van der Waals surface area (Å²) in [4.78, 5) is 17.4. The fourth-order valence-corrected chi connectivity index (χ4v) is 3.54. The standard InChI is InChI=1S/C23H17BrCl3N3O/c1-13(21(28)23(31)29-18-9-4-15(24)5-10-18)22(14-2-6-16(25)7-3-14)30-20-11-8-17(26)12-19(20)27/h2-12H,28H2,1H3,(H,29,31). The number of amides is 1. The number of carbonyl (C=O) groups excluding carboxylic acids is 1. The van der Waals surface area contributed by atoms with Crippen molar-refractivity contribution in [3.63, 3.8) is 0 Å². The van der Waals surface area contributed by atoms with Gasteiger partial charge in [0.15, 0.2) is 0 Å². The van der Waals surface area contributed by atoms with Gasteiger partial charge in [0.1, 0.15) is 5.70 Å². The first kappa shape index (κ1) is 23.4. The van der Waals surface area contributed by atoms with Crippen LogP contribution in [0, 0.1) is 0 Å². The zero-order valence-electron chi connectivity index (χ0n) is 16.3. The van der Waals surface area contributed by atoms with Crippen molar-refractivity contribution in [2.45, 2.75) is 6.92 Å². The normalized spacial score (nSPS) is 12.4. The second-order valence-corrected chi connectivity index (χ2v) is 8.76. The number of aliphatic imine (C=N–C) groups is 1. The molecule has 0 unspecified atom stereocenters. The van der Waals surface area contributed by atoms with Crippen LogP contribution >= 0.6 is 50.7 Å². The molecule has 3 aromatic carbocycles. The highest BCUT2D eigenvalue weighted by molar-refractivity contribution is 9.10. The van der Waals surface area contributed by atoms with E-state index in [9.17, 15) is 4.79 Å². The smallest absolute Gasteiger partial charge is 0.271 e. The minimum Gasteiger partial charge on any atom is -0.394 e. The fraction of sp³-hybridized carbons (Fsp3) is 0.0435. The van der Waals surface area contributed by atoms with Crippen molar-refractivity contribution in [2.75, 3.05) is 5.32 Å². The number of carbonyl (C=O) groups is 1. The maximum Gasteiger partial charge on any atom is 0.271 e. The van der Waals surface area contributed by atoms with Crippen molar-refractivity contribution in [1.29, 1.82) is 0 Å². The Balaban J connectivity index is 2.04. The molecule has 0 heterocycles. The number of rotatable bonds is 5. The van der Waals surface area contributed by atoms with E-state index in [-0.39, 0.29) is 5.70 Å². The van der Waals surface area contributed by atoms with Crippen LogP contribution in [0.1, 0.15) is 12.5 Å². The van der Waals surface area contributed by atoms with Gasteiger partial charge in [-0.1, -0.05) is 62.9 Å². The molecule has 8 heteroatoms. The van der Waals surface area contributed by atoms with E-state index in [0.29, 0.717) is 37.7 Å².